The van der Waals surface area contributed by atoms with Crippen LogP contribution in [0.15, 0.2) is 35.9 Å². The van der Waals surface area contributed by atoms with Gasteiger partial charge in [0.15, 0.2) is 0 Å². The Balaban J connectivity index is 1.50. The third kappa shape index (κ3) is 3.47. The lowest BCUT2D eigenvalue weighted by Gasteiger charge is -2.18. The fourth-order valence-electron chi connectivity index (χ4n) is 3.24. The highest BCUT2D eigenvalue weighted by Crippen LogP contribution is 2.34. The second kappa shape index (κ2) is 6.51. The zero-order chi connectivity index (χ0) is 13.8. The van der Waals surface area contributed by atoms with Gasteiger partial charge in [-0.05, 0) is 54.9 Å². The van der Waals surface area contributed by atoms with Gasteiger partial charge in [0, 0.05) is 12.6 Å². The number of benzene rings is 1. The minimum absolute atomic E-state index is 0.122. The van der Waals surface area contributed by atoms with Crippen molar-refractivity contribution in [2.24, 2.45) is 0 Å². The Morgan fingerprint density at radius 2 is 2.25 bits per heavy atom. The van der Waals surface area contributed by atoms with Crippen molar-refractivity contribution in [3.8, 4) is 0 Å². The Kier molecular flexibility index (Phi) is 4.48. The van der Waals surface area contributed by atoms with E-state index in [2.05, 4.69) is 11.4 Å². The number of hydrogen-bond acceptors (Lipinski definition) is 2. The summed E-state index contributed by atoms with van der Waals surface area (Å²) in [6.45, 7) is 2.56. The molecule has 0 spiro atoms. The third-order valence-electron chi connectivity index (χ3n) is 4.35. The molecule has 20 heavy (non-hydrogen) atoms. The van der Waals surface area contributed by atoms with Crippen molar-refractivity contribution in [3.63, 3.8) is 0 Å². The van der Waals surface area contributed by atoms with E-state index in [4.69, 9.17) is 4.74 Å². The number of rotatable bonds is 4. The Morgan fingerprint density at radius 1 is 1.30 bits per heavy atom. The minimum atomic E-state index is -0.122. The van der Waals surface area contributed by atoms with Crippen LogP contribution in [0.1, 0.15) is 37.2 Å². The van der Waals surface area contributed by atoms with Crippen LogP contribution in [-0.4, -0.2) is 25.8 Å². The highest BCUT2D eigenvalue weighted by atomic mass is 19.1. The Hall–Kier alpha value is -1.19. The zero-order valence-electron chi connectivity index (χ0n) is 11.8. The van der Waals surface area contributed by atoms with Gasteiger partial charge in [-0.1, -0.05) is 18.2 Å². The Morgan fingerprint density at radius 3 is 3.05 bits per heavy atom. The molecule has 0 aromatic heterocycles. The molecular formula is C17H22FNO. The summed E-state index contributed by atoms with van der Waals surface area (Å²) in [6, 6.07) is 7.61. The van der Waals surface area contributed by atoms with E-state index in [1.807, 2.05) is 12.1 Å². The summed E-state index contributed by atoms with van der Waals surface area (Å²) >= 11 is 0. The highest BCUT2D eigenvalue weighted by Gasteiger charge is 2.25. The van der Waals surface area contributed by atoms with Crippen molar-refractivity contribution < 1.29 is 9.13 Å². The summed E-state index contributed by atoms with van der Waals surface area (Å²) in [5, 5.41) is 3.62. The standard InChI is InChI=1S/C17H22FNO/c18-16-5-1-4-14(9-16)15-6-7-17(10-15)19-11-13-3-2-8-20-12-13/h1,3-5,9,15,17,19H,2,6-8,10-12H2/t15-,17+/m0/s1. The van der Waals surface area contributed by atoms with Gasteiger partial charge in [-0.15, -0.1) is 0 Å². The van der Waals surface area contributed by atoms with E-state index in [0.717, 1.165) is 44.6 Å². The number of ether oxygens (including phenoxy) is 1. The molecule has 1 aliphatic heterocycles. The number of hydrogen-bond donors (Lipinski definition) is 1. The topological polar surface area (TPSA) is 21.3 Å². The predicted molar refractivity (Wildman–Crippen MR) is 78.3 cm³/mol. The molecule has 1 heterocycles. The molecule has 2 atom stereocenters. The normalized spacial score (nSPS) is 26.6. The van der Waals surface area contributed by atoms with Crippen molar-refractivity contribution in [2.75, 3.05) is 19.8 Å². The van der Waals surface area contributed by atoms with Crippen LogP contribution in [0.25, 0.3) is 0 Å². The second-order valence-electron chi connectivity index (χ2n) is 5.85. The van der Waals surface area contributed by atoms with Crippen molar-refractivity contribution in [3.05, 3.63) is 47.3 Å². The van der Waals surface area contributed by atoms with Gasteiger partial charge in [-0.2, -0.15) is 0 Å². The maximum Gasteiger partial charge on any atom is 0.123 e. The molecule has 3 rings (SSSR count). The molecule has 1 aliphatic carbocycles. The van der Waals surface area contributed by atoms with Gasteiger partial charge in [-0.25, -0.2) is 4.39 Å². The molecule has 0 saturated heterocycles. The van der Waals surface area contributed by atoms with Crippen LogP contribution in [0.3, 0.4) is 0 Å². The maximum atomic E-state index is 13.3. The molecule has 3 heteroatoms. The summed E-state index contributed by atoms with van der Waals surface area (Å²) in [5.41, 5.74) is 2.51. The average Bonchev–Trinajstić information content (AvgIpc) is 2.95. The van der Waals surface area contributed by atoms with E-state index in [0.29, 0.717) is 12.0 Å². The lowest BCUT2D eigenvalue weighted by atomic mass is 9.97. The van der Waals surface area contributed by atoms with Crippen LogP contribution < -0.4 is 5.32 Å². The second-order valence-corrected chi connectivity index (χ2v) is 5.85. The molecular weight excluding hydrogens is 253 g/mol. The van der Waals surface area contributed by atoms with E-state index < -0.39 is 0 Å². The summed E-state index contributed by atoms with van der Waals surface area (Å²) in [4.78, 5) is 0. The van der Waals surface area contributed by atoms with Crippen LogP contribution >= 0.6 is 0 Å². The molecule has 0 amide bonds. The molecule has 1 N–H and O–H groups in total. The number of halogens is 1. The monoisotopic (exact) mass is 275 g/mol. The minimum Gasteiger partial charge on any atom is -0.377 e. The van der Waals surface area contributed by atoms with Crippen LogP contribution in [0.5, 0.6) is 0 Å². The Bertz CT molecular complexity index is 486. The molecule has 0 bridgehead atoms. The third-order valence-corrected chi connectivity index (χ3v) is 4.35. The smallest absolute Gasteiger partial charge is 0.123 e. The maximum absolute atomic E-state index is 13.3. The molecule has 0 radical (unpaired) electrons. The van der Waals surface area contributed by atoms with E-state index in [-0.39, 0.29) is 5.82 Å². The fraction of sp³-hybridized carbons (Fsp3) is 0.529. The van der Waals surface area contributed by atoms with Crippen LogP contribution in [0, 0.1) is 5.82 Å². The van der Waals surface area contributed by atoms with Crippen molar-refractivity contribution in [2.45, 2.75) is 37.6 Å². The predicted octanol–water partition coefficient (Wildman–Crippen LogP) is 3.40. The summed E-state index contributed by atoms with van der Waals surface area (Å²) in [5.74, 6) is 0.378. The van der Waals surface area contributed by atoms with Gasteiger partial charge in [0.25, 0.3) is 0 Å². The van der Waals surface area contributed by atoms with Gasteiger partial charge in [-0.3, -0.25) is 0 Å². The quantitative estimate of drug-likeness (QED) is 0.850. The first-order valence-corrected chi connectivity index (χ1v) is 7.56. The average molecular weight is 275 g/mol. The fourth-order valence-corrected chi connectivity index (χ4v) is 3.24. The lowest BCUT2D eigenvalue weighted by Crippen LogP contribution is -2.30. The Labute approximate surface area is 120 Å². The summed E-state index contributed by atoms with van der Waals surface area (Å²) < 4.78 is 18.7. The van der Waals surface area contributed by atoms with Crippen molar-refractivity contribution >= 4 is 0 Å². The van der Waals surface area contributed by atoms with Gasteiger partial charge in [0.1, 0.15) is 5.82 Å². The SMILES string of the molecule is Fc1cccc([C@H]2CC[C@@H](NCC3=CCCOC3)C2)c1. The lowest BCUT2D eigenvalue weighted by molar-refractivity contribution is 0.148. The van der Waals surface area contributed by atoms with Crippen molar-refractivity contribution in [1.82, 2.24) is 5.32 Å². The van der Waals surface area contributed by atoms with Crippen LogP contribution in [0.4, 0.5) is 4.39 Å². The molecule has 1 aromatic rings. The van der Waals surface area contributed by atoms with Crippen LogP contribution in [0.2, 0.25) is 0 Å². The molecule has 1 saturated carbocycles. The van der Waals surface area contributed by atoms with E-state index in [9.17, 15) is 4.39 Å². The van der Waals surface area contributed by atoms with E-state index in [1.165, 1.54) is 18.1 Å². The van der Waals surface area contributed by atoms with Crippen LogP contribution in [-0.2, 0) is 4.74 Å². The van der Waals surface area contributed by atoms with Gasteiger partial charge < -0.3 is 10.1 Å². The molecule has 1 fully saturated rings. The summed E-state index contributed by atoms with van der Waals surface area (Å²) in [6.07, 6.45) is 6.76. The molecule has 1 aromatic carbocycles. The molecule has 2 nitrogen and oxygen atoms in total. The van der Waals surface area contributed by atoms with E-state index in [1.54, 1.807) is 6.07 Å². The highest BCUT2D eigenvalue weighted by molar-refractivity contribution is 5.22. The molecule has 2 aliphatic rings. The number of nitrogens with one attached hydrogen (secondary N) is 1. The zero-order valence-corrected chi connectivity index (χ0v) is 11.8. The molecule has 108 valence electrons. The van der Waals surface area contributed by atoms with Gasteiger partial charge >= 0.3 is 0 Å². The largest absolute Gasteiger partial charge is 0.377 e. The van der Waals surface area contributed by atoms with E-state index >= 15 is 0 Å². The first-order chi connectivity index (χ1) is 9.81. The van der Waals surface area contributed by atoms with Gasteiger partial charge in [0.05, 0.1) is 13.2 Å². The molecule has 0 unspecified atom stereocenters. The van der Waals surface area contributed by atoms with Gasteiger partial charge in [0.2, 0.25) is 0 Å². The first kappa shape index (κ1) is 13.8. The summed E-state index contributed by atoms with van der Waals surface area (Å²) in [7, 11) is 0. The van der Waals surface area contributed by atoms with Crippen molar-refractivity contribution in [1.29, 1.82) is 0 Å². The first-order valence-electron chi connectivity index (χ1n) is 7.56.